The second kappa shape index (κ2) is 5.62. The average molecular weight is 211 g/mol. The van der Waals surface area contributed by atoms with Crippen LogP contribution in [0.3, 0.4) is 0 Å². The van der Waals surface area contributed by atoms with Crippen molar-refractivity contribution in [3.8, 4) is 0 Å². The van der Waals surface area contributed by atoms with Gasteiger partial charge in [0.25, 0.3) is 0 Å². The van der Waals surface area contributed by atoms with E-state index < -0.39 is 0 Å². The number of nitrogen functional groups attached to an aromatic ring is 1. The van der Waals surface area contributed by atoms with Crippen LogP contribution in [0.4, 0.5) is 0 Å². The van der Waals surface area contributed by atoms with Crippen molar-refractivity contribution in [2.24, 2.45) is 5.73 Å². The maximum absolute atomic E-state index is 8.60. The van der Waals surface area contributed by atoms with Crippen LogP contribution in [0.1, 0.15) is 11.3 Å². The molecule has 5 heteroatoms. The fourth-order valence-electron chi connectivity index (χ4n) is 0.966. The summed E-state index contributed by atoms with van der Waals surface area (Å²) >= 11 is 1.64. The number of rotatable bonds is 5. The molecule has 0 saturated heterocycles. The van der Waals surface area contributed by atoms with Gasteiger partial charge in [0.1, 0.15) is 11.5 Å². The standard InChI is InChI=1S/C9H13N3OS/c10-9(11)8-5-7(1-2-12-8)6-14-4-3-13/h1-2,5,13H,3-4,6H2,(H3,10,11). The molecule has 0 radical (unpaired) electrons. The van der Waals surface area contributed by atoms with Gasteiger partial charge in [-0.3, -0.25) is 10.4 Å². The first kappa shape index (κ1) is 11.0. The number of aliphatic hydroxyl groups excluding tert-OH is 1. The summed E-state index contributed by atoms with van der Waals surface area (Å²) in [5.74, 6) is 1.51. The summed E-state index contributed by atoms with van der Waals surface area (Å²) < 4.78 is 0. The number of aromatic nitrogens is 1. The molecular weight excluding hydrogens is 198 g/mol. The predicted octanol–water partition coefficient (Wildman–Crippen LogP) is 0.591. The number of nitrogens with zero attached hydrogens (tertiary/aromatic N) is 1. The number of hydrogen-bond donors (Lipinski definition) is 3. The van der Waals surface area contributed by atoms with Gasteiger partial charge in [0.2, 0.25) is 0 Å². The molecule has 0 saturated carbocycles. The number of pyridine rings is 1. The molecule has 1 rings (SSSR count). The number of nitrogens with one attached hydrogen (secondary N) is 1. The van der Waals surface area contributed by atoms with E-state index in [2.05, 4.69) is 4.98 Å². The molecule has 0 aliphatic rings. The van der Waals surface area contributed by atoms with Gasteiger partial charge in [-0.2, -0.15) is 11.8 Å². The molecule has 0 amide bonds. The highest BCUT2D eigenvalue weighted by atomic mass is 32.2. The summed E-state index contributed by atoms with van der Waals surface area (Å²) in [6.45, 7) is 0.190. The number of nitrogens with two attached hydrogens (primary N) is 1. The number of amidine groups is 1. The minimum atomic E-state index is -0.0148. The van der Waals surface area contributed by atoms with Gasteiger partial charge in [0.05, 0.1) is 6.61 Å². The van der Waals surface area contributed by atoms with E-state index in [4.69, 9.17) is 16.2 Å². The first-order chi connectivity index (χ1) is 6.74. The average Bonchev–Trinajstić information content (AvgIpc) is 2.19. The van der Waals surface area contributed by atoms with Crippen molar-refractivity contribution in [2.75, 3.05) is 12.4 Å². The normalized spacial score (nSPS) is 10.1. The Labute approximate surface area is 87.1 Å². The van der Waals surface area contributed by atoms with E-state index in [-0.39, 0.29) is 12.4 Å². The summed E-state index contributed by atoms with van der Waals surface area (Å²) in [5, 5.41) is 15.8. The Morgan fingerprint density at radius 2 is 2.43 bits per heavy atom. The van der Waals surface area contributed by atoms with Crippen LogP contribution in [0.2, 0.25) is 0 Å². The van der Waals surface area contributed by atoms with E-state index in [1.54, 1.807) is 24.0 Å². The van der Waals surface area contributed by atoms with E-state index >= 15 is 0 Å². The smallest absolute Gasteiger partial charge is 0.141 e. The highest BCUT2D eigenvalue weighted by molar-refractivity contribution is 7.98. The molecule has 0 aliphatic carbocycles. The zero-order chi connectivity index (χ0) is 10.4. The maximum Gasteiger partial charge on any atom is 0.141 e. The molecule has 1 heterocycles. The van der Waals surface area contributed by atoms with Crippen molar-refractivity contribution in [3.63, 3.8) is 0 Å². The molecule has 4 N–H and O–H groups in total. The Hall–Kier alpha value is -1.07. The van der Waals surface area contributed by atoms with Gasteiger partial charge >= 0.3 is 0 Å². The monoisotopic (exact) mass is 211 g/mol. The van der Waals surface area contributed by atoms with Crippen LogP contribution in [0.5, 0.6) is 0 Å². The molecule has 1 aromatic rings. The van der Waals surface area contributed by atoms with Gasteiger partial charge in [-0.1, -0.05) is 0 Å². The van der Waals surface area contributed by atoms with Crippen LogP contribution in [-0.4, -0.2) is 28.3 Å². The topological polar surface area (TPSA) is 83.0 Å². The lowest BCUT2D eigenvalue weighted by Crippen LogP contribution is -2.13. The molecule has 4 nitrogen and oxygen atoms in total. The molecule has 0 fully saturated rings. The predicted molar refractivity (Wildman–Crippen MR) is 58.5 cm³/mol. The molecule has 0 aromatic carbocycles. The third kappa shape index (κ3) is 3.35. The molecule has 0 atom stereocenters. The number of hydrogen-bond acceptors (Lipinski definition) is 4. The lowest BCUT2D eigenvalue weighted by atomic mass is 10.2. The summed E-state index contributed by atoms with van der Waals surface area (Å²) in [6, 6.07) is 3.68. The van der Waals surface area contributed by atoms with E-state index in [0.29, 0.717) is 5.69 Å². The Morgan fingerprint density at radius 3 is 3.07 bits per heavy atom. The van der Waals surface area contributed by atoms with Gasteiger partial charge in [0.15, 0.2) is 0 Å². The minimum absolute atomic E-state index is 0.0148. The molecular formula is C9H13N3OS. The van der Waals surface area contributed by atoms with Crippen LogP contribution >= 0.6 is 11.8 Å². The van der Waals surface area contributed by atoms with Crippen molar-refractivity contribution in [3.05, 3.63) is 29.6 Å². The van der Waals surface area contributed by atoms with Crippen molar-refractivity contribution >= 4 is 17.6 Å². The van der Waals surface area contributed by atoms with Crippen LogP contribution in [0.15, 0.2) is 18.3 Å². The molecule has 14 heavy (non-hydrogen) atoms. The Bertz CT molecular complexity index is 317. The van der Waals surface area contributed by atoms with Crippen molar-refractivity contribution in [1.29, 1.82) is 5.41 Å². The van der Waals surface area contributed by atoms with Gasteiger partial charge in [-0.25, -0.2) is 0 Å². The largest absolute Gasteiger partial charge is 0.396 e. The summed E-state index contributed by atoms with van der Waals surface area (Å²) in [4.78, 5) is 3.96. The molecule has 0 spiro atoms. The lowest BCUT2D eigenvalue weighted by molar-refractivity contribution is 0.322. The summed E-state index contributed by atoms with van der Waals surface area (Å²) in [6.07, 6.45) is 1.64. The van der Waals surface area contributed by atoms with Gasteiger partial charge in [0, 0.05) is 17.7 Å². The first-order valence-electron chi connectivity index (χ1n) is 4.22. The zero-order valence-corrected chi connectivity index (χ0v) is 8.55. The molecule has 0 aliphatic heterocycles. The lowest BCUT2D eigenvalue weighted by Gasteiger charge is -2.02. The van der Waals surface area contributed by atoms with E-state index in [0.717, 1.165) is 17.1 Å². The van der Waals surface area contributed by atoms with Crippen LogP contribution in [0, 0.1) is 5.41 Å². The number of thioether (sulfide) groups is 1. The first-order valence-corrected chi connectivity index (χ1v) is 5.37. The fourth-order valence-corrected chi connectivity index (χ4v) is 1.65. The molecule has 0 unspecified atom stereocenters. The van der Waals surface area contributed by atoms with Gasteiger partial charge in [-0.05, 0) is 17.7 Å². The van der Waals surface area contributed by atoms with Crippen molar-refractivity contribution in [2.45, 2.75) is 5.75 Å². The number of aliphatic hydroxyl groups is 1. The van der Waals surface area contributed by atoms with Crippen LogP contribution in [0.25, 0.3) is 0 Å². The Morgan fingerprint density at radius 1 is 1.64 bits per heavy atom. The zero-order valence-electron chi connectivity index (χ0n) is 7.73. The summed E-state index contributed by atoms with van der Waals surface area (Å²) in [5.41, 5.74) is 6.89. The van der Waals surface area contributed by atoms with E-state index in [1.807, 2.05) is 6.07 Å². The van der Waals surface area contributed by atoms with E-state index in [9.17, 15) is 0 Å². The maximum atomic E-state index is 8.60. The summed E-state index contributed by atoms with van der Waals surface area (Å²) in [7, 11) is 0. The third-order valence-corrected chi connectivity index (χ3v) is 2.61. The van der Waals surface area contributed by atoms with Gasteiger partial charge in [-0.15, -0.1) is 0 Å². The fraction of sp³-hybridized carbons (Fsp3) is 0.333. The quantitative estimate of drug-likeness (QED) is 0.378. The minimum Gasteiger partial charge on any atom is -0.396 e. The third-order valence-electron chi connectivity index (χ3n) is 1.60. The Balaban J connectivity index is 2.59. The second-order valence-electron chi connectivity index (χ2n) is 2.74. The Kier molecular flexibility index (Phi) is 4.42. The van der Waals surface area contributed by atoms with Crippen molar-refractivity contribution < 1.29 is 5.11 Å². The van der Waals surface area contributed by atoms with Crippen molar-refractivity contribution in [1.82, 2.24) is 4.98 Å². The van der Waals surface area contributed by atoms with Crippen LogP contribution in [-0.2, 0) is 5.75 Å². The second-order valence-corrected chi connectivity index (χ2v) is 3.84. The molecule has 1 aromatic heterocycles. The van der Waals surface area contributed by atoms with Crippen LogP contribution < -0.4 is 5.73 Å². The SMILES string of the molecule is N=C(N)c1cc(CSCCO)ccn1. The van der Waals surface area contributed by atoms with E-state index in [1.165, 1.54) is 0 Å². The molecule has 76 valence electrons. The highest BCUT2D eigenvalue weighted by Gasteiger charge is 1.99. The molecule has 0 bridgehead atoms. The van der Waals surface area contributed by atoms with Gasteiger partial charge < -0.3 is 10.8 Å². The highest BCUT2D eigenvalue weighted by Crippen LogP contribution is 2.11.